The molecule has 3 unspecified atom stereocenters. The molecule has 1 aromatic carbocycles. The van der Waals surface area contributed by atoms with E-state index in [1.807, 2.05) is 13.8 Å². The average Bonchev–Trinajstić information content (AvgIpc) is 2.71. The molecule has 0 aromatic heterocycles. The van der Waals surface area contributed by atoms with Crippen LogP contribution in [0, 0.1) is 43.9 Å². The van der Waals surface area contributed by atoms with Crippen LogP contribution in [-0.2, 0) is 6.42 Å². The first kappa shape index (κ1) is 27.1. The second kappa shape index (κ2) is 10.8. The molecule has 0 fully saturated rings. The average molecular weight is 445 g/mol. The highest BCUT2D eigenvalue weighted by atomic mass is 16.5. The van der Waals surface area contributed by atoms with Gasteiger partial charge < -0.3 is 9.84 Å². The van der Waals surface area contributed by atoms with Crippen molar-refractivity contribution in [2.24, 2.45) is 23.2 Å². The third kappa shape index (κ3) is 7.16. The zero-order chi connectivity index (χ0) is 24.3. The lowest BCUT2D eigenvalue weighted by atomic mass is 9.74. The van der Waals surface area contributed by atoms with Gasteiger partial charge in [0.15, 0.2) is 0 Å². The molecular weight excluding hydrogens is 392 g/mol. The zero-order valence-corrected chi connectivity index (χ0v) is 23.0. The fraction of sp³-hybridized carbons (Fsp3) is 0.800. The second-order valence-electron chi connectivity index (χ2n) is 12.7. The van der Waals surface area contributed by atoms with E-state index in [1.165, 1.54) is 44.1 Å². The van der Waals surface area contributed by atoms with Crippen molar-refractivity contribution in [1.82, 2.24) is 0 Å². The highest BCUT2D eigenvalue weighted by molar-refractivity contribution is 5.58. The van der Waals surface area contributed by atoms with Crippen molar-refractivity contribution in [3.63, 3.8) is 0 Å². The van der Waals surface area contributed by atoms with Gasteiger partial charge in [-0.25, -0.2) is 0 Å². The standard InChI is InChI=1S/C30H52O2/c1-20(2)11-12-21(3)13-14-22(4)19-29(8,9)17-18-30(10)16-15-26-25(7)27(31)23(5)24(6)28(26)32-30/h20-22,31H,11-19H2,1-10H3. The Kier molecular flexibility index (Phi) is 9.16. The fourth-order valence-electron chi connectivity index (χ4n) is 5.55. The molecule has 3 atom stereocenters. The van der Waals surface area contributed by atoms with Crippen molar-refractivity contribution in [3.8, 4) is 11.5 Å². The molecule has 0 amide bonds. The minimum Gasteiger partial charge on any atom is -0.507 e. The van der Waals surface area contributed by atoms with Crippen molar-refractivity contribution >= 4 is 0 Å². The molecule has 0 aliphatic carbocycles. The number of phenols is 1. The van der Waals surface area contributed by atoms with Crippen LogP contribution in [0.1, 0.15) is 122 Å². The Hall–Kier alpha value is -1.18. The molecule has 184 valence electrons. The summed E-state index contributed by atoms with van der Waals surface area (Å²) in [5, 5.41) is 10.4. The summed E-state index contributed by atoms with van der Waals surface area (Å²) in [5.41, 5.74) is 4.50. The van der Waals surface area contributed by atoms with Gasteiger partial charge in [0, 0.05) is 5.56 Å². The number of rotatable bonds is 11. The number of hydrogen-bond acceptors (Lipinski definition) is 2. The smallest absolute Gasteiger partial charge is 0.127 e. The molecule has 1 aliphatic rings. The van der Waals surface area contributed by atoms with E-state index in [-0.39, 0.29) is 5.60 Å². The van der Waals surface area contributed by atoms with Crippen molar-refractivity contribution < 1.29 is 9.84 Å². The molecule has 1 N–H and O–H groups in total. The summed E-state index contributed by atoms with van der Waals surface area (Å²) in [4.78, 5) is 0. The molecule has 1 aliphatic heterocycles. The summed E-state index contributed by atoms with van der Waals surface area (Å²) in [6, 6.07) is 0. The third-order valence-corrected chi connectivity index (χ3v) is 8.21. The van der Waals surface area contributed by atoms with Gasteiger partial charge in [0.25, 0.3) is 0 Å². The maximum Gasteiger partial charge on any atom is 0.127 e. The topological polar surface area (TPSA) is 29.5 Å². The van der Waals surface area contributed by atoms with E-state index in [9.17, 15) is 5.11 Å². The molecule has 0 radical (unpaired) electrons. The van der Waals surface area contributed by atoms with Gasteiger partial charge in [-0.05, 0) is 99.7 Å². The Morgan fingerprint density at radius 2 is 1.50 bits per heavy atom. The van der Waals surface area contributed by atoms with E-state index in [4.69, 9.17) is 4.74 Å². The number of fused-ring (bicyclic) bond motifs is 1. The number of benzene rings is 1. The van der Waals surface area contributed by atoms with Crippen molar-refractivity contribution in [2.45, 2.75) is 133 Å². The van der Waals surface area contributed by atoms with Crippen LogP contribution in [0.5, 0.6) is 11.5 Å². The first-order valence-corrected chi connectivity index (χ1v) is 13.3. The van der Waals surface area contributed by atoms with Crippen LogP contribution in [0.4, 0.5) is 0 Å². The molecule has 0 spiro atoms. The van der Waals surface area contributed by atoms with Crippen LogP contribution >= 0.6 is 0 Å². The first-order chi connectivity index (χ1) is 14.7. The Morgan fingerprint density at radius 3 is 2.12 bits per heavy atom. The molecule has 2 rings (SSSR count). The largest absolute Gasteiger partial charge is 0.507 e. The van der Waals surface area contributed by atoms with Gasteiger partial charge in [0.1, 0.15) is 17.1 Å². The Labute approximate surface area is 199 Å². The van der Waals surface area contributed by atoms with Crippen LogP contribution in [-0.4, -0.2) is 10.7 Å². The highest BCUT2D eigenvalue weighted by Crippen LogP contribution is 2.45. The lowest BCUT2D eigenvalue weighted by Crippen LogP contribution is -2.38. The van der Waals surface area contributed by atoms with Gasteiger partial charge in [0.2, 0.25) is 0 Å². The summed E-state index contributed by atoms with van der Waals surface area (Å²) in [5.74, 6) is 3.94. The van der Waals surface area contributed by atoms with Gasteiger partial charge in [-0.2, -0.15) is 0 Å². The maximum absolute atomic E-state index is 10.4. The van der Waals surface area contributed by atoms with E-state index < -0.39 is 0 Å². The van der Waals surface area contributed by atoms with Crippen LogP contribution in [0.15, 0.2) is 0 Å². The van der Waals surface area contributed by atoms with E-state index in [0.29, 0.717) is 11.2 Å². The molecule has 1 aromatic rings. The van der Waals surface area contributed by atoms with E-state index in [0.717, 1.165) is 59.5 Å². The number of phenolic OH excluding ortho intramolecular Hbond substituents is 1. The number of aromatic hydroxyl groups is 1. The summed E-state index contributed by atoms with van der Waals surface area (Å²) in [7, 11) is 0. The quantitative estimate of drug-likeness (QED) is 0.369. The monoisotopic (exact) mass is 444 g/mol. The molecule has 2 heteroatoms. The van der Waals surface area contributed by atoms with Crippen molar-refractivity contribution in [3.05, 3.63) is 22.3 Å². The van der Waals surface area contributed by atoms with E-state index in [2.05, 4.69) is 55.4 Å². The predicted octanol–water partition coefficient (Wildman–Crippen LogP) is 9.09. The van der Waals surface area contributed by atoms with Gasteiger partial charge in [-0.3, -0.25) is 0 Å². The normalized spacial score (nSPS) is 20.7. The van der Waals surface area contributed by atoms with Gasteiger partial charge in [0.05, 0.1) is 0 Å². The molecule has 0 saturated heterocycles. The van der Waals surface area contributed by atoms with E-state index >= 15 is 0 Å². The molecule has 0 saturated carbocycles. The maximum atomic E-state index is 10.4. The molecule has 2 nitrogen and oxygen atoms in total. The minimum atomic E-state index is -0.112. The number of ether oxygens (including phenoxy) is 1. The summed E-state index contributed by atoms with van der Waals surface area (Å²) < 4.78 is 6.68. The summed E-state index contributed by atoms with van der Waals surface area (Å²) in [6.45, 7) is 22.9. The Morgan fingerprint density at radius 1 is 0.906 bits per heavy atom. The third-order valence-electron chi connectivity index (χ3n) is 8.21. The zero-order valence-electron chi connectivity index (χ0n) is 23.0. The predicted molar refractivity (Wildman–Crippen MR) is 139 cm³/mol. The second-order valence-corrected chi connectivity index (χ2v) is 12.7. The van der Waals surface area contributed by atoms with Crippen molar-refractivity contribution in [1.29, 1.82) is 0 Å². The van der Waals surface area contributed by atoms with E-state index in [1.54, 1.807) is 0 Å². The van der Waals surface area contributed by atoms with Crippen molar-refractivity contribution in [2.75, 3.05) is 0 Å². The summed E-state index contributed by atoms with van der Waals surface area (Å²) >= 11 is 0. The van der Waals surface area contributed by atoms with Crippen LogP contribution in [0.3, 0.4) is 0 Å². The Bertz CT molecular complexity index is 761. The Balaban J connectivity index is 1.91. The molecule has 32 heavy (non-hydrogen) atoms. The first-order valence-electron chi connectivity index (χ1n) is 13.3. The van der Waals surface area contributed by atoms with Gasteiger partial charge >= 0.3 is 0 Å². The van der Waals surface area contributed by atoms with Crippen LogP contribution in [0.25, 0.3) is 0 Å². The highest BCUT2D eigenvalue weighted by Gasteiger charge is 2.36. The molecule has 0 bridgehead atoms. The van der Waals surface area contributed by atoms with Gasteiger partial charge in [-0.1, -0.05) is 67.2 Å². The number of hydrogen-bond donors (Lipinski definition) is 1. The minimum absolute atomic E-state index is 0.112. The molecular formula is C30H52O2. The van der Waals surface area contributed by atoms with Crippen LogP contribution in [0.2, 0.25) is 0 Å². The lowest BCUT2D eigenvalue weighted by Gasteiger charge is -2.40. The molecule has 1 heterocycles. The SMILES string of the molecule is Cc1c(C)c2c(c(C)c1O)CCC(C)(CCC(C)(C)CC(C)CCC(C)CCC(C)C)O2. The summed E-state index contributed by atoms with van der Waals surface area (Å²) in [6.07, 6.45) is 11.1. The fourth-order valence-corrected chi connectivity index (χ4v) is 5.55. The van der Waals surface area contributed by atoms with Crippen LogP contribution < -0.4 is 4.74 Å². The lowest BCUT2D eigenvalue weighted by molar-refractivity contribution is 0.0392. The van der Waals surface area contributed by atoms with Gasteiger partial charge in [-0.15, -0.1) is 0 Å².